The average molecular weight is 322 g/mol. The number of hydrogen-bond acceptors (Lipinski definition) is 3. The highest BCUT2D eigenvalue weighted by atomic mass is 79.9. The van der Waals surface area contributed by atoms with Crippen LogP contribution >= 0.6 is 15.9 Å². The lowest BCUT2D eigenvalue weighted by atomic mass is 10.0. The number of alkyl halides is 2. The number of anilines is 1. The number of aryl methyl sites for hydroxylation is 1. The van der Waals surface area contributed by atoms with E-state index in [-0.39, 0.29) is 12.3 Å². The van der Waals surface area contributed by atoms with Crippen LogP contribution in [0, 0.1) is 0 Å². The number of hydrogen-bond donors (Lipinski definition) is 1. The van der Waals surface area contributed by atoms with Crippen LogP contribution in [0.15, 0.2) is 16.6 Å². The largest absolute Gasteiger partial charge is 0.461 e. The van der Waals surface area contributed by atoms with Crippen LogP contribution in [-0.2, 0) is 21.9 Å². The summed E-state index contributed by atoms with van der Waals surface area (Å²) in [6, 6.07) is 2.80. The molecule has 1 aromatic rings. The minimum Gasteiger partial charge on any atom is -0.461 e. The summed E-state index contributed by atoms with van der Waals surface area (Å²) in [5.41, 5.74) is 5.64. The fraction of sp³-hybridized carbons (Fsp3) is 0.417. The van der Waals surface area contributed by atoms with Crippen molar-refractivity contribution in [2.45, 2.75) is 26.2 Å². The summed E-state index contributed by atoms with van der Waals surface area (Å²) in [7, 11) is 0. The van der Waals surface area contributed by atoms with Crippen LogP contribution in [-0.4, -0.2) is 12.6 Å². The number of carbonyl (C=O) groups excluding carboxylic acids is 1. The molecule has 0 fully saturated rings. The van der Waals surface area contributed by atoms with E-state index in [0.717, 1.165) is 6.07 Å². The predicted molar refractivity (Wildman–Crippen MR) is 68.5 cm³/mol. The molecule has 100 valence electrons. The lowest BCUT2D eigenvalue weighted by Gasteiger charge is -2.19. The molecule has 0 bridgehead atoms. The van der Waals surface area contributed by atoms with Gasteiger partial charge in [-0.05, 0) is 31.0 Å². The summed E-state index contributed by atoms with van der Waals surface area (Å²) in [6.07, 6.45) is 0.497. The standard InChI is InChI=1S/C12H14BrF2NO2/c1-3-7-5-8(13)6-9(10(7)16)12(14,15)11(17)18-4-2/h5-6H,3-4,16H2,1-2H3. The van der Waals surface area contributed by atoms with Gasteiger partial charge in [0.05, 0.1) is 12.2 Å². The van der Waals surface area contributed by atoms with E-state index in [2.05, 4.69) is 20.7 Å². The smallest absolute Gasteiger partial charge is 0.382 e. The maximum atomic E-state index is 13.9. The van der Waals surface area contributed by atoms with Crippen LogP contribution in [0.2, 0.25) is 0 Å². The van der Waals surface area contributed by atoms with Gasteiger partial charge in [-0.2, -0.15) is 8.78 Å². The number of carbonyl (C=O) groups is 1. The molecule has 0 amide bonds. The van der Waals surface area contributed by atoms with E-state index in [4.69, 9.17) is 5.73 Å². The first-order chi connectivity index (χ1) is 8.34. The van der Waals surface area contributed by atoms with Crippen LogP contribution < -0.4 is 5.73 Å². The highest BCUT2D eigenvalue weighted by Crippen LogP contribution is 2.37. The molecule has 0 aromatic heterocycles. The molecule has 6 heteroatoms. The number of halogens is 3. The first-order valence-corrected chi connectivity index (χ1v) is 6.27. The normalized spacial score (nSPS) is 11.4. The third-order valence-corrected chi connectivity index (χ3v) is 2.94. The molecule has 0 aliphatic rings. The molecule has 18 heavy (non-hydrogen) atoms. The number of benzene rings is 1. The molecule has 0 unspecified atom stereocenters. The molecule has 0 saturated heterocycles. The summed E-state index contributed by atoms with van der Waals surface area (Å²) < 4.78 is 32.7. The average Bonchev–Trinajstić information content (AvgIpc) is 2.31. The monoisotopic (exact) mass is 321 g/mol. The zero-order chi connectivity index (χ0) is 13.9. The Kier molecular flexibility index (Phi) is 4.67. The maximum absolute atomic E-state index is 13.9. The molecule has 0 radical (unpaired) electrons. The number of ether oxygens (including phenoxy) is 1. The van der Waals surface area contributed by atoms with E-state index in [9.17, 15) is 13.6 Å². The minimum absolute atomic E-state index is 0.0706. The first-order valence-electron chi connectivity index (χ1n) is 5.48. The third kappa shape index (κ3) is 2.80. The van der Waals surface area contributed by atoms with Gasteiger partial charge in [-0.3, -0.25) is 0 Å². The van der Waals surface area contributed by atoms with Gasteiger partial charge in [0.25, 0.3) is 0 Å². The van der Waals surface area contributed by atoms with E-state index in [1.807, 2.05) is 0 Å². The van der Waals surface area contributed by atoms with Crippen LogP contribution in [0.4, 0.5) is 14.5 Å². The van der Waals surface area contributed by atoms with Crippen molar-refractivity contribution < 1.29 is 18.3 Å². The number of nitrogen functional groups attached to an aromatic ring is 1. The van der Waals surface area contributed by atoms with Crippen LogP contribution in [0.1, 0.15) is 25.0 Å². The van der Waals surface area contributed by atoms with Gasteiger partial charge in [-0.25, -0.2) is 4.79 Å². The lowest BCUT2D eigenvalue weighted by molar-refractivity contribution is -0.173. The fourth-order valence-corrected chi connectivity index (χ4v) is 2.06. The maximum Gasteiger partial charge on any atom is 0.382 e. The second kappa shape index (κ2) is 5.65. The molecular weight excluding hydrogens is 308 g/mol. The summed E-state index contributed by atoms with van der Waals surface area (Å²) in [4.78, 5) is 11.3. The number of esters is 1. The molecule has 0 heterocycles. The zero-order valence-electron chi connectivity index (χ0n) is 10.1. The molecule has 0 aliphatic heterocycles. The fourth-order valence-electron chi connectivity index (χ4n) is 1.56. The summed E-state index contributed by atoms with van der Waals surface area (Å²) in [5.74, 6) is -5.33. The number of nitrogens with two attached hydrogens (primary N) is 1. The van der Waals surface area contributed by atoms with Crippen LogP contribution in [0.3, 0.4) is 0 Å². The third-order valence-electron chi connectivity index (χ3n) is 2.48. The van der Waals surface area contributed by atoms with E-state index in [0.29, 0.717) is 16.5 Å². The minimum atomic E-state index is -3.74. The van der Waals surface area contributed by atoms with Crippen molar-refractivity contribution >= 4 is 27.6 Å². The van der Waals surface area contributed by atoms with E-state index >= 15 is 0 Å². The van der Waals surface area contributed by atoms with Gasteiger partial charge >= 0.3 is 11.9 Å². The molecule has 1 aromatic carbocycles. The molecule has 0 atom stereocenters. The Morgan fingerprint density at radius 3 is 2.56 bits per heavy atom. The topological polar surface area (TPSA) is 52.3 Å². The molecule has 1 rings (SSSR count). The van der Waals surface area contributed by atoms with Crippen molar-refractivity contribution in [2.75, 3.05) is 12.3 Å². The summed E-state index contributed by atoms with van der Waals surface area (Å²) in [6.45, 7) is 3.16. The summed E-state index contributed by atoms with van der Waals surface area (Å²) >= 11 is 3.13. The molecule has 3 nitrogen and oxygen atoms in total. The van der Waals surface area contributed by atoms with Crippen LogP contribution in [0.25, 0.3) is 0 Å². The van der Waals surface area contributed by atoms with Crippen molar-refractivity contribution in [3.05, 3.63) is 27.7 Å². The Morgan fingerprint density at radius 1 is 1.44 bits per heavy atom. The second-order valence-electron chi connectivity index (χ2n) is 3.67. The van der Waals surface area contributed by atoms with Gasteiger partial charge in [-0.1, -0.05) is 22.9 Å². The Hall–Kier alpha value is -1.17. The van der Waals surface area contributed by atoms with Gasteiger partial charge in [0.1, 0.15) is 0 Å². The van der Waals surface area contributed by atoms with Crippen molar-refractivity contribution in [3.8, 4) is 0 Å². The Balaban J connectivity index is 3.31. The predicted octanol–water partition coefficient (Wildman–Crippen LogP) is 3.25. The van der Waals surface area contributed by atoms with Crippen molar-refractivity contribution in [2.24, 2.45) is 0 Å². The van der Waals surface area contributed by atoms with Gasteiger partial charge in [0, 0.05) is 10.2 Å². The quantitative estimate of drug-likeness (QED) is 0.684. The Morgan fingerprint density at radius 2 is 2.06 bits per heavy atom. The molecule has 0 spiro atoms. The molecule has 0 saturated carbocycles. The molecule has 0 aliphatic carbocycles. The Bertz CT molecular complexity index is 464. The lowest BCUT2D eigenvalue weighted by Crippen LogP contribution is -2.29. The van der Waals surface area contributed by atoms with Gasteiger partial charge in [-0.15, -0.1) is 0 Å². The van der Waals surface area contributed by atoms with Crippen molar-refractivity contribution in [1.82, 2.24) is 0 Å². The van der Waals surface area contributed by atoms with Crippen LogP contribution in [0.5, 0.6) is 0 Å². The van der Waals surface area contributed by atoms with E-state index in [1.165, 1.54) is 6.92 Å². The highest BCUT2D eigenvalue weighted by Gasteiger charge is 2.44. The van der Waals surface area contributed by atoms with Crippen molar-refractivity contribution in [3.63, 3.8) is 0 Å². The van der Waals surface area contributed by atoms with Gasteiger partial charge in [0.15, 0.2) is 0 Å². The second-order valence-corrected chi connectivity index (χ2v) is 4.59. The highest BCUT2D eigenvalue weighted by molar-refractivity contribution is 9.10. The first kappa shape index (κ1) is 14.9. The zero-order valence-corrected chi connectivity index (χ0v) is 11.7. The number of rotatable bonds is 4. The van der Waals surface area contributed by atoms with E-state index < -0.39 is 17.5 Å². The molecule has 2 N–H and O–H groups in total. The van der Waals surface area contributed by atoms with Gasteiger partial charge in [0.2, 0.25) is 0 Å². The Labute approximate surface area is 112 Å². The van der Waals surface area contributed by atoms with Gasteiger partial charge < -0.3 is 10.5 Å². The SMILES string of the molecule is CCOC(=O)C(F)(F)c1cc(Br)cc(CC)c1N. The summed E-state index contributed by atoms with van der Waals surface area (Å²) in [5, 5.41) is 0. The van der Waals surface area contributed by atoms with E-state index in [1.54, 1.807) is 13.0 Å². The van der Waals surface area contributed by atoms with Crippen molar-refractivity contribution in [1.29, 1.82) is 0 Å². The molecular formula is C12H14BrF2NO2.